The van der Waals surface area contributed by atoms with Gasteiger partial charge in [0.25, 0.3) is 0 Å². The Bertz CT molecular complexity index is 634. The maximum absolute atomic E-state index is 12.5. The normalized spacial score (nSPS) is 18.3. The summed E-state index contributed by atoms with van der Waals surface area (Å²) in [6.07, 6.45) is -2.52. The van der Waals surface area contributed by atoms with Crippen LogP contribution in [-0.4, -0.2) is 81.9 Å². The molecule has 0 aromatic heterocycles. The lowest BCUT2D eigenvalue weighted by Gasteiger charge is -2.20. The predicted molar refractivity (Wildman–Crippen MR) is 109 cm³/mol. The molecule has 0 spiro atoms. The Morgan fingerprint density at radius 3 is 2.62 bits per heavy atom. The number of nitrogens with zero attached hydrogens (tertiary/aromatic N) is 3. The van der Waals surface area contributed by atoms with Crippen molar-refractivity contribution in [2.75, 3.05) is 53.9 Å². The molecule has 6 nitrogen and oxygen atoms in total. The molecule has 0 saturated carbocycles. The molecule has 1 aliphatic heterocycles. The fraction of sp³-hybridized carbons (Fsp3) is 0.650. The summed E-state index contributed by atoms with van der Waals surface area (Å²) in [6.45, 7) is 2.17. The van der Waals surface area contributed by atoms with Crippen molar-refractivity contribution < 1.29 is 17.9 Å². The minimum Gasteiger partial charge on any atom is -0.494 e. The maximum Gasteiger partial charge on any atom is 0.401 e. The van der Waals surface area contributed by atoms with Crippen LogP contribution in [0.2, 0.25) is 0 Å². The van der Waals surface area contributed by atoms with E-state index in [1.54, 1.807) is 7.05 Å². The summed E-state index contributed by atoms with van der Waals surface area (Å²) >= 11 is 0. The van der Waals surface area contributed by atoms with Gasteiger partial charge in [0, 0.05) is 39.3 Å². The van der Waals surface area contributed by atoms with Gasteiger partial charge >= 0.3 is 6.18 Å². The molecule has 2 N–H and O–H groups in total. The monoisotopic (exact) mass is 415 g/mol. The van der Waals surface area contributed by atoms with Crippen LogP contribution in [0.15, 0.2) is 29.3 Å². The minimum absolute atomic E-state index is 0.0403. The number of aliphatic imine (C=N–C) groups is 1. The number of hydrogen-bond acceptors (Lipinski definition) is 4. The molecular formula is C20H32F3N5O. The Kier molecular flexibility index (Phi) is 9.03. The van der Waals surface area contributed by atoms with Gasteiger partial charge in [0.15, 0.2) is 5.96 Å². The van der Waals surface area contributed by atoms with Gasteiger partial charge in [0.1, 0.15) is 5.75 Å². The molecule has 29 heavy (non-hydrogen) atoms. The number of halogens is 3. The van der Waals surface area contributed by atoms with Crippen molar-refractivity contribution in [1.82, 2.24) is 20.4 Å². The lowest BCUT2D eigenvalue weighted by Crippen LogP contribution is -2.44. The molecule has 1 aliphatic rings. The van der Waals surface area contributed by atoms with Gasteiger partial charge in [0.2, 0.25) is 0 Å². The third-order valence-corrected chi connectivity index (χ3v) is 4.64. The average Bonchev–Trinajstić information content (AvgIpc) is 3.08. The fourth-order valence-corrected chi connectivity index (χ4v) is 3.20. The number of nitrogens with one attached hydrogen (secondary N) is 2. The smallest absolute Gasteiger partial charge is 0.401 e. The summed E-state index contributed by atoms with van der Waals surface area (Å²) in [5.74, 6) is 1.43. The molecule has 164 valence electrons. The summed E-state index contributed by atoms with van der Waals surface area (Å²) in [6, 6.07) is 7.81. The van der Waals surface area contributed by atoms with Crippen molar-refractivity contribution >= 4 is 5.96 Å². The van der Waals surface area contributed by atoms with E-state index >= 15 is 0 Å². The number of rotatable bonds is 9. The summed E-state index contributed by atoms with van der Waals surface area (Å²) in [5, 5.41) is 6.42. The zero-order valence-corrected chi connectivity index (χ0v) is 17.4. The maximum atomic E-state index is 12.5. The molecule has 1 unspecified atom stereocenters. The van der Waals surface area contributed by atoms with Gasteiger partial charge in [-0.05, 0) is 44.6 Å². The molecule has 0 radical (unpaired) electrons. The predicted octanol–water partition coefficient (Wildman–Crippen LogP) is 2.32. The standard InChI is InChI=1S/C20H32F3N5O/c1-24-19(26-17-9-11-28(14-17)15-20(21,22)23)25-13-16-5-7-18(8-6-16)29-12-4-10-27(2)3/h5-8,17H,4,9-15H2,1-3H3,(H2,24,25,26). The van der Waals surface area contributed by atoms with Crippen LogP contribution in [0.5, 0.6) is 5.75 Å². The first-order valence-corrected chi connectivity index (χ1v) is 9.88. The van der Waals surface area contributed by atoms with Crippen LogP contribution in [0.4, 0.5) is 13.2 Å². The van der Waals surface area contributed by atoms with Crippen LogP contribution in [-0.2, 0) is 6.54 Å². The molecule has 0 bridgehead atoms. The molecule has 1 atom stereocenters. The number of likely N-dealkylation sites (tertiary alicyclic amines) is 1. The van der Waals surface area contributed by atoms with E-state index in [-0.39, 0.29) is 6.04 Å². The van der Waals surface area contributed by atoms with Crippen molar-refractivity contribution in [2.45, 2.75) is 31.6 Å². The van der Waals surface area contributed by atoms with E-state index in [1.165, 1.54) is 4.90 Å². The Balaban J connectivity index is 1.71. The number of benzene rings is 1. The van der Waals surface area contributed by atoms with E-state index in [9.17, 15) is 13.2 Å². The molecule has 1 heterocycles. The molecule has 1 aromatic carbocycles. The SMILES string of the molecule is CN=C(NCc1ccc(OCCCN(C)C)cc1)NC1CCN(CC(F)(F)F)C1. The molecule has 9 heteroatoms. The number of ether oxygens (including phenoxy) is 1. The van der Waals surface area contributed by atoms with Gasteiger partial charge in [-0.25, -0.2) is 0 Å². The summed E-state index contributed by atoms with van der Waals surface area (Å²) < 4.78 is 43.3. The second kappa shape index (κ2) is 11.3. The largest absolute Gasteiger partial charge is 0.494 e. The Labute approximate surface area is 171 Å². The average molecular weight is 416 g/mol. The van der Waals surface area contributed by atoms with Crippen LogP contribution in [0.3, 0.4) is 0 Å². The highest BCUT2D eigenvalue weighted by Gasteiger charge is 2.34. The van der Waals surface area contributed by atoms with Crippen molar-refractivity contribution in [3.8, 4) is 5.75 Å². The Morgan fingerprint density at radius 1 is 1.28 bits per heavy atom. The summed E-state index contributed by atoms with van der Waals surface area (Å²) in [7, 11) is 5.73. The number of alkyl halides is 3. The first-order chi connectivity index (χ1) is 13.7. The fourth-order valence-electron chi connectivity index (χ4n) is 3.20. The van der Waals surface area contributed by atoms with E-state index in [4.69, 9.17) is 4.74 Å². The van der Waals surface area contributed by atoms with Crippen LogP contribution in [0, 0.1) is 0 Å². The molecule has 0 amide bonds. The zero-order chi connectivity index (χ0) is 21.3. The van der Waals surface area contributed by atoms with Crippen LogP contribution >= 0.6 is 0 Å². The third-order valence-electron chi connectivity index (χ3n) is 4.64. The van der Waals surface area contributed by atoms with Gasteiger partial charge in [-0.15, -0.1) is 0 Å². The molecule has 2 rings (SSSR count). The zero-order valence-electron chi connectivity index (χ0n) is 17.4. The molecule has 1 saturated heterocycles. The Morgan fingerprint density at radius 2 is 2.00 bits per heavy atom. The molecule has 0 aliphatic carbocycles. The highest BCUT2D eigenvalue weighted by atomic mass is 19.4. The van der Waals surface area contributed by atoms with Crippen molar-refractivity contribution in [1.29, 1.82) is 0 Å². The minimum atomic E-state index is -4.16. The summed E-state index contributed by atoms with van der Waals surface area (Å²) in [5.41, 5.74) is 1.07. The van der Waals surface area contributed by atoms with Gasteiger partial charge in [-0.3, -0.25) is 9.89 Å². The van der Waals surface area contributed by atoms with Gasteiger partial charge in [0.05, 0.1) is 13.2 Å². The lowest BCUT2D eigenvalue weighted by atomic mass is 10.2. The van der Waals surface area contributed by atoms with Crippen molar-refractivity contribution in [2.24, 2.45) is 4.99 Å². The summed E-state index contributed by atoms with van der Waals surface area (Å²) in [4.78, 5) is 7.72. The second-order valence-corrected chi connectivity index (χ2v) is 7.56. The van der Waals surface area contributed by atoms with Crippen LogP contribution in [0.1, 0.15) is 18.4 Å². The quantitative estimate of drug-likeness (QED) is 0.368. The molecule has 1 fully saturated rings. The van der Waals surface area contributed by atoms with Crippen LogP contribution in [0.25, 0.3) is 0 Å². The Hall–Kier alpha value is -2.00. The van der Waals surface area contributed by atoms with E-state index in [0.717, 1.165) is 24.3 Å². The van der Waals surface area contributed by atoms with E-state index in [1.807, 2.05) is 38.4 Å². The molecular weight excluding hydrogens is 383 g/mol. The van der Waals surface area contributed by atoms with Crippen molar-refractivity contribution in [3.05, 3.63) is 29.8 Å². The van der Waals surface area contributed by atoms with Gasteiger partial charge in [-0.2, -0.15) is 13.2 Å². The van der Waals surface area contributed by atoms with E-state index in [0.29, 0.717) is 38.6 Å². The van der Waals surface area contributed by atoms with Crippen molar-refractivity contribution in [3.63, 3.8) is 0 Å². The highest BCUT2D eigenvalue weighted by Crippen LogP contribution is 2.20. The first-order valence-electron chi connectivity index (χ1n) is 9.88. The van der Waals surface area contributed by atoms with Gasteiger partial charge < -0.3 is 20.3 Å². The van der Waals surface area contributed by atoms with Crippen LogP contribution < -0.4 is 15.4 Å². The van der Waals surface area contributed by atoms with E-state index < -0.39 is 12.7 Å². The molecule has 1 aromatic rings. The topological polar surface area (TPSA) is 52.1 Å². The van der Waals surface area contributed by atoms with Gasteiger partial charge in [-0.1, -0.05) is 12.1 Å². The lowest BCUT2D eigenvalue weighted by molar-refractivity contribution is -0.143. The van der Waals surface area contributed by atoms with E-state index in [2.05, 4.69) is 20.5 Å². The second-order valence-electron chi connectivity index (χ2n) is 7.56. The first kappa shape index (κ1) is 23.3. The third kappa shape index (κ3) is 9.36. The highest BCUT2D eigenvalue weighted by molar-refractivity contribution is 5.80. The number of guanidine groups is 1. The number of hydrogen-bond donors (Lipinski definition) is 2.